The summed E-state index contributed by atoms with van der Waals surface area (Å²) in [5.41, 5.74) is 0.490. The molecule has 1 fully saturated rings. The van der Waals surface area contributed by atoms with Crippen molar-refractivity contribution in [2.75, 3.05) is 6.61 Å². The zero-order chi connectivity index (χ0) is 23.3. The highest BCUT2D eigenvalue weighted by Gasteiger charge is 2.48. The molecule has 2 heterocycles. The van der Waals surface area contributed by atoms with E-state index in [9.17, 15) is 14.4 Å². The summed E-state index contributed by atoms with van der Waals surface area (Å²) >= 11 is 3.36. The van der Waals surface area contributed by atoms with Crippen LogP contribution in [0.3, 0.4) is 0 Å². The van der Waals surface area contributed by atoms with E-state index in [0.29, 0.717) is 11.4 Å². The summed E-state index contributed by atoms with van der Waals surface area (Å²) in [6.07, 6.45) is -2.58. The average molecular weight is 512 g/mol. The first-order chi connectivity index (χ1) is 15.2. The molecule has 12 heteroatoms. The van der Waals surface area contributed by atoms with Gasteiger partial charge in [-0.15, -0.1) is 5.10 Å². The first-order valence-electron chi connectivity index (χ1n) is 9.65. The zero-order valence-corrected chi connectivity index (χ0v) is 19.2. The zero-order valence-electron chi connectivity index (χ0n) is 17.6. The van der Waals surface area contributed by atoms with Gasteiger partial charge in [0.25, 0.3) is 0 Å². The standard InChI is InChI=1S/C20H22BrN3O8/c1-11(25)30-17-10-29-20(19(32-13(3)27)18(17)31-12(2)26)24-8-15(22-23-24)9-28-16-6-4-14(21)5-7-16/h4-8,17-20H,9-10H2,1-3H3. The minimum absolute atomic E-state index is 0.107. The summed E-state index contributed by atoms with van der Waals surface area (Å²) in [5, 5.41) is 8.09. The summed E-state index contributed by atoms with van der Waals surface area (Å²) in [4.78, 5) is 34.9. The van der Waals surface area contributed by atoms with E-state index in [4.69, 9.17) is 23.7 Å². The number of rotatable bonds is 7. The van der Waals surface area contributed by atoms with Gasteiger partial charge < -0.3 is 23.7 Å². The molecule has 2 aromatic rings. The van der Waals surface area contributed by atoms with E-state index in [2.05, 4.69) is 26.2 Å². The molecule has 1 aromatic heterocycles. The van der Waals surface area contributed by atoms with E-state index in [1.165, 1.54) is 25.5 Å². The largest absolute Gasteiger partial charge is 0.487 e. The number of esters is 3. The number of aromatic nitrogens is 3. The first-order valence-corrected chi connectivity index (χ1v) is 10.4. The van der Waals surface area contributed by atoms with Crippen molar-refractivity contribution in [1.82, 2.24) is 15.0 Å². The van der Waals surface area contributed by atoms with Crippen LogP contribution in [0.2, 0.25) is 0 Å². The van der Waals surface area contributed by atoms with Gasteiger partial charge in [-0.05, 0) is 24.3 Å². The predicted molar refractivity (Wildman–Crippen MR) is 110 cm³/mol. The van der Waals surface area contributed by atoms with Crippen LogP contribution in [0, 0.1) is 0 Å². The number of nitrogens with zero attached hydrogens (tertiary/aromatic N) is 3. The van der Waals surface area contributed by atoms with Gasteiger partial charge in [0, 0.05) is 25.2 Å². The van der Waals surface area contributed by atoms with Gasteiger partial charge in [0.05, 0.1) is 12.8 Å². The van der Waals surface area contributed by atoms with Crippen molar-refractivity contribution in [3.8, 4) is 5.75 Å². The van der Waals surface area contributed by atoms with Crippen molar-refractivity contribution in [3.63, 3.8) is 0 Å². The van der Waals surface area contributed by atoms with E-state index in [0.717, 1.165) is 4.47 Å². The van der Waals surface area contributed by atoms with Gasteiger partial charge in [0.15, 0.2) is 24.5 Å². The fourth-order valence-corrected chi connectivity index (χ4v) is 3.41. The second kappa shape index (κ2) is 10.6. The van der Waals surface area contributed by atoms with Crippen LogP contribution in [0.25, 0.3) is 0 Å². The molecule has 1 saturated heterocycles. The normalized spacial score (nSPS) is 22.6. The molecule has 0 radical (unpaired) electrons. The van der Waals surface area contributed by atoms with E-state index in [1.807, 2.05) is 12.1 Å². The van der Waals surface area contributed by atoms with Gasteiger partial charge in [-0.1, -0.05) is 21.1 Å². The van der Waals surface area contributed by atoms with Gasteiger partial charge in [-0.3, -0.25) is 14.4 Å². The van der Waals surface area contributed by atoms with Crippen LogP contribution in [-0.2, 0) is 39.9 Å². The molecule has 1 aromatic carbocycles. The van der Waals surface area contributed by atoms with Crippen molar-refractivity contribution >= 4 is 33.8 Å². The van der Waals surface area contributed by atoms with Gasteiger partial charge in [-0.25, -0.2) is 4.68 Å². The van der Waals surface area contributed by atoms with Crippen molar-refractivity contribution in [2.45, 2.75) is 51.9 Å². The molecule has 4 unspecified atom stereocenters. The maximum Gasteiger partial charge on any atom is 0.303 e. The minimum Gasteiger partial charge on any atom is -0.487 e. The number of benzene rings is 1. The molecule has 1 aliphatic rings. The number of hydrogen-bond donors (Lipinski definition) is 0. The molecule has 0 N–H and O–H groups in total. The van der Waals surface area contributed by atoms with Gasteiger partial charge in [-0.2, -0.15) is 0 Å². The SMILES string of the molecule is CC(=O)OC1COC(n2cc(COc3ccc(Br)cc3)nn2)C(OC(C)=O)C1OC(C)=O. The van der Waals surface area contributed by atoms with Crippen LogP contribution in [0.5, 0.6) is 5.75 Å². The highest BCUT2D eigenvalue weighted by molar-refractivity contribution is 9.10. The average Bonchev–Trinajstić information content (AvgIpc) is 3.18. The summed E-state index contributed by atoms with van der Waals surface area (Å²) in [6, 6.07) is 7.30. The number of hydrogen-bond acceptors (Lipinski definition) is 10. The molecule has 32 heavy (non-hydrogen) atoms. The Hall–Kier alpha value is -2.99. The fourth-order valence-electron chi connectivity index (χ4n) is 3.14. The van der Waals surface area contributed by atoms with Crippen LogP contribution in [0.1, 0.15) is 32.7 Å². The molecule has 0 amide bonds. The van der Waals surface area contributed by atoms with Crippen LogP contribution in [0.4, 0.5) is 0 Å². The number of ether oxygens (including phenoxy) is 5. The Kier molecular flexibility index (Phi) is 7.80. The molecule has 1 aliphatic heterocycles. The molecule has 11 nitrogen and oxygen atoms in total. The molecule has 4 atom stereocenters. The Morgan fingerprint density at radius 3 is 2.28 bits per heavy atom. The lowest BCUT2D eigenvalue weighted by Gasteiger charge is -2.40. The molecule has 0 saturated carbocycles. The van der Waals surface area contributed by atoms with E-state index in [1.54, 1.807) is 18.3 Å². The van der Waals surface area contributed by atoms with Crippen LogP contribution < -0.4 is 4.74 Å². The van der Waals surface area contributed by atoms with Crippen molar-refractivity contribution < 1.29 is 38.1 Å². The third kappa shape index (κ3) is 6.26. The highest BCUT2D eigenvalue weighted by atomic mass is 79.9. The van der Waals surface area contributed by atoms with Crippen LogP contribution >= 0.6 is 15.9 Å². The lowest BCUT2D eigenvalue weighted by atomic mass is 10.0. The fraction of sp³-hybridized carbons (Fsp3) is 0.450. The monoisotopic (exact) mass is 511 g/mol. The molecule has 0 bridgehead atoms. The Morgan fingerprint density at radius 2 is 1.66 bits per heavy atom. The third-order valence-corrected chi connectivity index (χ3v) is 4.87. The molecular formula is C20H22BrN3O8. The smallest absolute Gasteiger partial charge is 0.303 e. The third-order valence-electron chi connectivity index (χ3n) is 4.34. The van der Waals surface area contributed by atoms with Gasteiger partial charge in [0.1, 0.15) is 18.1 Å². The molecule has 3 rings (SSSR count). The Labute approximate surface area is 192 Å². The second-order valence-electron chi connectivity index (χ2n) is 6.95. The van der Waals surface area contributed by atoms with Crippen molar-refractivity contribution in [3.05, 3.63) is 40.6 Å². The lowest BCUT2D eigenvalue weighted by Crippen LogP contribution is -2.55. The number of carbonyl (C=O) groups is 3. The first kappa shape index (κ1) is 23.7. The summed E-state index contributed by atoms with van der Waals surface area (Å²) in [7, 11) is 0. The Bertz CT molecular complexity index is 964. The Balaban J connectivity index is 1.78. The summed E-state index contributed by atoms with van der Waals surface area (Å²) in [6.45, 7) is 3.65. The lowest BCUT2D eigenvalue weighted by molar-refractivity contribution is -0.241. The maximum atomic E-state index is 11.7. The predicted octanol–water partition coefficient (Wildman–Crippen LogP) is 1.94. The summed E-state index contributed by atoms with van der Waals surface area (Å²) in [5.74, 6) is -1.22. The van der Waals surface area contributed by atoms with E-state index < -0.39 is 42.4 Å². The van der Waals surface area contributed by atoms with E-state index in [-0.39, 0.29) is 13.2 Å². The Morgan fingerprint density at radius 1 is 1.03 bits per heavy atom. The topological polar surface area (TPSA) is 128 Å². The molecule has 172 valence electrons. The summed E-state index contributed by atoms with van der Waals surface area (Å²) < 4.78 is 29.6. The molecule has 0 spiro atoms. The maximum absolute atomic E-state index is 11.7. The van der Waals surface area contributed by atoms with Crippen LogP contribution in [-0.4, -0.2) is 57.8 Å². The van der Waals surface area contributed by atoms with Crippen molar-refractivity contribution in [1.29, 1.82) is 0 Å². The molecular weight excluding hydrogens is 490 g/mol. The number of carbonyl (C=O) groups excluding carboxylic acids is 3. The van der Waals surface area contributed by atoms with E-state index >= 15 is 0 Å². The van der Waals surface area contributed by atoms with Crippen molar-refractivity contribution in [2.24, 2.45) is 0 Å². The quantitative estimate of drug-likeness (QED) is 0.401. The molecule has 0 aliphatic carbocycles. The second-order valence-corrected chi connectivity index (χ2v) is 7.87. The van der Waals surface area contributed by atoms with Crippen LogP contribution in [0.15, 0.2) is 34.9 Å². The minimum atomic E-state index is -1.13. The number of halogens is 1. The van der Waals surface area contributed by atoms with Gasteiger partial charge >= 0.3 is 17.9 Å². The van der Waals surface area contributed by atoms with Gasteiger partial charge in [0.2, 0.25) is 0 Å². The highest BCUT2D eigenvalue weighted by Crippen LogP contribution is 2.30.